The maximum atomic E-state index is 10.4. The van der Waals surface area contributed by atoms with Crippen LogP contribution in [0.25, 0.3) is 10.1 Å². The van der Waals surface area contributed by atoms with Crippen LogP contribution in [0, 0.1) is 0 Å². The minimum absolute atomic E-state index is 0.391. The molecular formula is C19H20ClN3OS. The first-order valence-electron chi connectivity index (χ1n) is 8.01. The van der Waals surface area contributed by atoms with E-state index in [4.69, 9.17) is 11.6 Å². The Morgan fingerprint density at radius 1 is 1.16 bits per heavy atom. The summed E-state index contributed by atoms with van der Waals surface area (Å²) < 4.78 is 1.18. The molecule has 6 heteroatoms. The van der Waals surface area contributed by atoms with Crippen LogP contribution in [0.15, 0.2) is 59.6 Å². The van der Waals surface area contributed by atoms with Crippen molar-refractivity contribution >= 4 is 39.0 Å². The average molecular weight is 374 g/mol. The SMILES string of the molecule is CN=C(NCc1cccc(Cl)c1)NCC(O)c1cc2ccccc2s1. The number of rotatable bonds is 5. The Morgan fingerprint density at radius 2 is 2.00 bits per heavy atom. The van der Waals surface area contributed by atoms with Crippen molar-refractivity contribution < 1.29 is 5.11 Å². The minimum Gasteiger partial charge on any atom is -0.386 e. The predicted molar refractivity (Wildman–Crippen MR) is 106 cm³/mol. The number of aliphatic hydroxyl groups is 1. The molecule has 3 rings (SSSR count). The fourth-order valence-corrected chi connectivity index (χ4v) is 3.78. The molecule has 1 heterocycles. The van der Waals surface area contributed by atoms with E-state index in [0.29, 0.717) is 24.1 Å². The van der Waals surface area contributed by atoms with Gasteiger partial charge in [-0.2, -0.15) is 0 Å². The van der Waals surface area contributed by atoms with Gasteiger partial charge < -0.3 is 15.7 Å². The van der Waals surface area contributed by atoms with E-state index in [1.165, 1.54) is 4.70 Å². The van der Waals surface area contributed by atoms with E-state index in [1.54, 1.807) is 18.4 Å². The van der Waals surface area contributed by atoms with E-state index >= 15 is 0 Å². The van der Waals surface area contributed by atoms with E-state index in [2.05, 4.69) is 27.8 Å². The van der Waals surface area contributed by atoms with Crippen molar-refractivity contribution in [1.29, 1.82) is 0 Å². The van der Waals surface area contributed by atoms with Gasteiger partial charge in [-0.1, -0.05) is 41.9 Å². The van der Waals surface area contributed by atoms with Gasteiger partial charge in [0.1, 0.15) is 6.10 Å². The number of benzene rings is 2. The second-order valence-electron chi connectivity index (χ2n) is 5.64. The van der Waals surface area contributed by atoms with E-state index in [0.717, 1.165) is 15.8 Å². The Morgan fingerprint density at radius 3 is 2.76 bits per heavy atom. The monoisotopic (exact) mass is 373 g/mol. The number of hydrogen-bond acceptors (Lipinski definition) is 3. The van der Waals surface area contributed by atoms with E-state index in [9.17, 15) is 5.11 Å². The predicted octanol–water partition coefficient (Wildman–Crippen LogP) is 3.95. The van der Waals surface area contributed by atoms with Crippen LogP contribution in [0.1, 0.15) is 16.5 Å². The standard InChI is InChI=1S/C19H20ClN3OS/c1-21-19(22-11-13-5-4-7-15(20)9-13)23-12-16(24)18-10-14-6-2-3-8-17(14)25-18/h2-10,16,24H,11-12H2,1H3,(H2,21,22,23). The minimum atomic E-state index is -0.581. The highest BCUT2D eigenvalue weighted by molar-refractivity contribution is 7.19. The van der Waals surface area contributed by atoms with Gasteiger partial charge >= 0.3 is 0 Å². The summed E-state index contributed by atoms with van der Waals surface area (Å²) in [5.74, 6) is 0.639. The van der Waals surface area contributed by atoms with Gasteiger partial charge in [0.2, 0.25) is 0 Å². The molecule has 0 spiro atoms. The fourth-order valence-electron chi connectivity index (χ4n) is 2.51. The van der Waals surface area contributed by atoms with Crippen LogP contribution in [0.3, 0.4) is 0 Å². The number of aliphatic hydroxyl groups excluding tert-OH is 1. The molecule has 1 aromatic heterocycles. The molecule has 0 saturated heterocycles. The smallest absolute Gasteiger partial charge is 0.191 e. The molecular weight excluding hydrogens is 354 g/mol. The summed E-state index contributed by atoms with van der Waals surface area (Å²) >= 11 is 7.60. The first kappa shape index (κ1) is 17.7. The highest BCUT2D eigenvalue weighted by Gasteiger charge is 2.12. The van der Waals surface area contributed by atoms with Crippen LogP contribution in [-0.2, 0) is 6.54 Å². The van der Waals surface area contributed by atoms with Crippen LogP contribution in [0.4, 0.5) is 0 Å². The molecule has 130 valence electrons. The third-order valence-corrected chi connectivity index (χ3v) is 5.26. The number of thiophene rings is 1. The quantitative estimate of drug-likeness (QED) is 0.468. The summed E-state index contributed by atoms with van der Waals surface area (Å²) in [5, 5.41) is 18.7. The van der Waals surface area contributed by atoms with E-state index in [1.807, 2.05) is 42.5 Å². The van der Waals surface area contributed by atoms with Crippen molar-refractivity contribution in [2.75, 3.05) is 13.6 Å². The lowest BCUT2D eigenvalue weighted by Crippen LogP contribution is -2.38. The molecule has 0 saturated carbocycles. The lowest BCUT2D eigenvalue weighted by atomic mass is 10.2. The molecule has 1 atom stereocenters. The van der Waals surface area contributed by atoms with Crippen molar-refractivity contribution in [2.45, 2.75) is 12.6 Å². The molecule has 0 radical (unpaired) electrons. The first-order chi connectivity index (χ1) is 12.2. The van der Waals surface area contributed by atoms with Crippen LogP contribution in [0.2, 0.25) is 5.02 Å². The van der Waals surface area contributed by atoms with E-state index < -0.39 is 6.10 Å². The van der Waals surface area contributed by atoms with Crippen molar-refractivity contribution in [3.05, 3.63) is 70.1 Å². The molecule has 0 aliphatic heterocycles. The number of hydrogen-bond donors (Lipinski definition) is 3. The Bertz CT molecular complexity index is 845. The highest BCUT2D eigenvalue weighted by atomic mass is 35.5. The molecule has 25 heavy (non-hydrogen) atoms. The van der Waals surface area contributed by atoms with Gasteiger partial charge in [0.05, 0.1) is 0 Å². The molecule has 4 nitrogen and oxygen atoms in total. The molecule has 3 N–H and O–H groups in total. The zero-order valence-electron chi connectivity index (χ0n) is 13.9. The summed E-state index contributed by atoms with van der Waals surface area (Å²) in [5.41, 5.74) is 1.07. The maximum Gasteiger partial charge on any atom is 0.191 e. The van der Waals surface area contributed by atoms with Gasteiger partial charge in [-0.3, -0.25) is 4.99 Å². The van der Waals surface area contributed by atoms with Gasteiger partial charge in [0.25, 0.3) is 0 Å². The van der Waals surface area contributed by atoms with Crippen molar-refractivity contribution in [2.24, 2.45) is 4.99 Å². The van der Waals surface area contributed by atoms with Gasteiger partial charge in [0, 0.05) is 34.7 Å². The van der Waals surface area contributed by atoms with Crippen molar-refractivity contribution in [3.8, 4) is 0 Å². The van der Waals surface area contributed by atoms with Gasteiger partial charge in [-0.25, -0.2) is 0 Å². The van der Waals surface area contributed by atoms with Crippen molar-refractivity contribution in [1.82, 2.24) is 10.6 Å². The van der Waals surface area contributed by atoms with Crippen LogP contribution >= 0.6 is 22.9 Å². The van der Waals surface area contributed by atoms with Crippen molar-refractivity contribution in [3.63, 3.8) is 0 Å². The molecule has 3 aromatic rings. The van der Waals surface area contributed by atoms with Crippen LogP contribution < -0.4 is 10.6 Å². The molecule has 0 amide bonds. The number of halogens is 1. The summed E-state index contributed by atoms with van der Waals surface area (Å²) in [6.07, 6.45) is -0.581. The lowest BCUT2D eigenvalue weighted by molar-refractivity contribution is 0.184. The maximum absolute atomic E-state index is 10.4. The van der Waals surface area contributed by atoms with Gasteiger partial charge in [-0.05, 0) is 35.2 Å². The molecule has 1 unspecified atom stereocenters. The topological polar surface area (TPSA) is 56.7 Å². The number of aliphatic imine (C=N–C) groups is 1. The molecule has 2 aromatic carbocycles. The molecule has 0 aliphatic carbocycles. The largest absolute Gasteiger partial charge is 0.386 e. The Kier molecular flexibility index (Phi) is 5.91. The third-order valence-electron chi connectivity index (χ3n) is 3.81. The zero-order valence-corrected chi connectivity index (χ0v) is 15.4. The molecule has 0 aliphatic rings. The first-order valence-corrected chi connectivity index (χ1v) is 9.20. The number of nitrogens with zero attached hydrogens (tertiary/aromatic N) is 1. The van der Waals surface area contributed by atoms with Gasteiger partial charge in [0.15, 0.2) is 5.96 Å². The van der Waals surface area contributed by atoms with Gasteiger partial charge in [-0.15, -0.1) is 11.3 Å². The van der Waals surface area contributed by atoms with E-state index in [-0.39, 0.29) is 0 Å². The lowest BCUT2D eigenvalue weighted by Gasteiger charge is -2.14. The summed E-state index contributed by atoms with van der Waals surface area (Å²) in [6.45, 7) is 1.00. The average Bonchev–Trinajstić information content (AvgIpc) is 3.06. The second-order valence-corrected chi connectivity index (χ2v) is 7.19. The summed E-state index contributed by atoms with van der Waals surface area (Å²) in [7, 11) is 1.71. The number of nitrogens with one attached hydrogen (secondary N) is 2. The summed E-state index contributed by atoms with van der Waals surface area (Å²) in [6, 6.07) is 17.8. The Labute approximate surface area is 156 Å². The Balaban J connectivity index is 1.55. The zero-order chi connectivity index (χ0) is 17.6. The second kappa shape index (κ2) is 8.34. The van der Waals surface area contributed by atoms with Crippen LogP contribution in [0.5, 0.6) is 0 Å². The van der Waals surface area contributed by atoms with Crippen LogP contribution in [-0.4, -0.2) is 24.7 Å². The molecule has 0 fully saturated rings. The number of guanidine groups is 1. The normalized spacial score (nSPS) is 13.0. The third kappa shape index (κ3) is 4.72. The fraction of sp³-hybridized carbons (Fsp3) is 0.211. The number of fused-ring (bicyclic) bond motifs is 1. The summed E-state index contributed by atoms with van der Waals surface area (Å²) in [4.78, 5) is 5.13. The highest BCUT2D eigenvalue weighted by Crippen LogP contribution is 2.29. The Hall–Kier alpha value is -2.08. The molecule has 0 bridgehead atoms.